The van der Waals surface area contributed by atoms with Crippen molar-refractivity contribution in [3.63, 3.8) is 0 Å². The van der Waals surface area contributed by atoms with E-state index in [-0.39, 0.29) is 5.54 Å². The Hall–Kier alpha value is -0.280. The fourth-order valence-corrected chi connectivity index (χ4v) is 3.02. The highest BCUT2D eigenvalue weighted by molar-refractivity contribution is 9.10. The molecule has 84 valence electrons. The zero-order valence-corrected chi connectivity index (χ0v) is 10.8. The maximum Gasteiger partial charge on any atom is 0.137 e. The topological polar surface area (TPSA) is 25.2 Å². The van der Waals surface area contributed by atoms with Gasteiger partial charge in [0.05, 0.1) is 16.3 Å². The molecule has 1 aliphatic rings. The lowest BCUT2D eigenvalue weighted by atomic mass is 9.88. The second-order valence-corrected chi connectivity index (χ2v) is 5.13. The van der Waals surface area contributed by atoms with E-state index in [1.54, 1.807) is 6.26 Å². The first-order valence-electron chi connectivity index (χ1n) is 5.77. The molecule has 1 aliphatic heterocycles. The molecule has 1 saturated heterocycles. The first-order chi connectivity index (χ1) is 7.28. The van der Waals surface area contributed by atoms with Gasteiger partial charge in [-0.05, 0) is 47.8 Å². The summed E-state index contributed by atoms with van der Waals surface area (Å²) in [5, 5.41) is 3.66. The fraction of sp³-hybridized carbons (Fsp3) is 0.667. The Labute approximate surface area is 99.6 Å². The van der Waals surface area contributed by atoms with Crippen LogP contribution in [0.4, 0.5) is 0 Å². The van der Waals surface area contributed by atoms with Crippen LogP contribution in [-0.4, -0.2) is 6.54 Å². The van der Waals surface area contributed by atoms with Crippen molar-refractivity contribution >= 4 is 15.9 Å². The van der Waals surface area contributed by atoms with Gasteiger partial charge in [0.1, 0.15) is 5.76 Å². The third-order valence-electron chi connectivity index (χ3n) is 3.40. The summed E-state index contributed by atoms with van der Waals surface area (Å²) in [5.41, 5.74) is 0.0544. The normalized spacial score (nSPS) is 27.6. The average Bonchev–Trinajstić information content (AvgIpc) is 2.56. The van der Waals surface area contributed by atoms with Crippen molar-refractivity contribution in [3.05, 3.63) is 22.6 Å². The summed E-state index contributed by atoms with van der Waals surface area (Å²) in [4.78, 5) is 0. The minimum absolute atomic E-state index is 0.0544. The molecule has 1 N–H and O–H groups in total. The summed E-state index contributed by atoms with van der Waals surface area (Å²) in [6.45, 7) is 3.33. The number of rotatable bonds is 2. The van der Waals surface area contributed by atoms with E-state index >= 15 is 0 Å². The van der Waals surface area contributed by atoms with Crippen LogP contribution >= 0.6 is 15.9 Å². The van der Waals surface area contributed by atoms with Gasteiger partial charge in [0, 0.05) is 0 Å². The Balaban J connectivity index is 2.30. The van der Waals surface area contributed by atoms with E-state index in [2.05, 4.69) is 28.2 Å². The Bertz CT molecular complexity index is 313. The van der Waals surface area contributed by atoms with Gasteiger partial charge >= 0.3 is 0 Å². The molecular weight excluding hydrogens is 254 g/mol. The molecule has 15 heavy (non-hydrogen) atoms. The number of furan rings is 1. The van der Waals surface area contributed by atoms with Gasteiger partial charge in [-0.25, -0.2) is 0 Å². The molecule has 0 aliphatic carbocycles. The van der Waals surface area contributed by atoms with Gasteiger partial charge < -0.3 is 9.73 Å². The number of hydrogen-bond donors (Lipinski definition) is 1. The molecule has 1 fully saturated rings. The van der Waals surface area contributed by atoms with Gasteiger partial charge in [-0.3, -0.25) is 0 Å². The summed E-state index contributed by atoms with van der Waals surface area (Å²) >= 11 is 3.57. The molecule has 2 heterocycles. The van der Waals surface area contributed by atoms with Crippen LogP contribution in [0.15, 0.2) is 21.2 Å². The van der Waals surface area contributed by atoms with Crippen molar-refractivity contribution in [2.45, 2.75) is 44.6 Å². The van der Waals surface area contributed by atoms with Crippen LogP contribution in [0.25, 0.3) is 0 Å². The summed E-state index contributed by atoms with van der Waals surface area (Å²) in [7, 11) is 0. The van der Waals surface area contributed by atoms with Gasteiger partial charge in [-0.1, -0.05) is 19.8 Å². The minimum atomic E-state index is 0.0544. The molecule has 1 unspecified atom stereocenters. The molecule has 0 aromatic carbocycles. The van der Waals surface area contributed by atoms with Gasteiger partial charge in [0.25, 0.3) is 0 Å². The summed E-state index contributed by atoms with van der Waals surface area (Å²) < 4.78 is 6.74. The highest BCUT2D eigenvalue weighted by Crippen LogP contribution is 2.37. The maximum atomic E-state index is 5.64. The zero-order valence-electron chi connectivity index (χ0n) is 9.18. The lowest BCUT2D eigenvalue weighted by molar-refractivity contribution is 0.251. The maximum absolute atomic E-state index is 5.64. The molecule has 0 spiro atoms. The Morgan fingerprint density at radius 1 is 1.47 bits per heavy atom. The molecule has 0 amide bonds. The zero-order chi connectivity index (χ0) is 10.7. The molecule has 0 bridgehead atoms. The van der Waals surface area contributed by atoms with Crippen LogP contribution in [0, 0.1) is 0 Å². The molecular formula is C12H18BrNO. The molecule has 1 atom stereocenters. The van der Waals surface area contributed by atoms with Crippen molar-refractivity contribution in [2.24, 2.45) is 0 Å². The van der Waals surface area contributed by atoms with E-state index in [1.807, 2.05) is 6.07 Å². The number of halogens is 1. The third-order valence-corrected chi connectivity index (χ3v) is 4.02. The molecule has 2 nitrogen and oxygen atoms in total. The van der Waals surface area contributed by atoms with Crippen LogP contribution in [0.3, 0.4) is 0 Å². The molecule has 1 aromatic heterocycles. The van der Waals surface area contributed by atoms with Crippen molar-refractivity contribution in [1.82, 2.24) is 5.32 Å². The predicted octanol–water partition coefficient (Wildman–Crippen LogP) is 3.81. The molecule has 3 heteroatoms. The number of nitrogens with one attached hydrogen (secondary N) is 1. The van der Waals surface area contributed by atoms with Crippen LogP contribution < -0.4 is 5.32 Å². The van der Waals surface area contributed by atoms with Gasteiger partial charge in [0.15, 0.2) is 0 Å². The van der Waals surface area contributed by atoms with E-state index < -0.39 is 0 Å². The van der Waals surface area contributed by atoms with Gasteiger partial charge in [-0.15, -0.1) is 0 Å². The van der Waals surface area contributed by atoms with E-state index in [0.29, 0.717) is 0 Å². The summed E-state index contributed by atoms with van der Waals surface area (Å²) in [6, 6.07) is 1.99. The summed E-state index contributed by atoms with van der Waals surface area (Å²) in [6.07, 6.45) is 7.92. The molecule has 2 rings (SSSR count). The van der Waals surface area contributed by atoms with Crippen molar-refractivity contribution in [2.75, 3.05) is 6.54 Å². The predicted molar refractivity (Wildman–Crippen MR) is 64.8 cm³/mol. The third kappa shape index (κ3) is 2.13. The Morgan fingerprint density at radius 2 is 2.33 bits per heavy atom. The minimum Gasteiger partial charge on any atom is -0.466 e. The van der Waals surface area contributed by atoms with E-state index in [4.69, 9.17) is 4.42 Å². The SMILES string of the molecule is CCC1(c2occc2Br)CCCCCN1. The molecule has 0 radical (unpaired) electrons. The van der Waals surface area contributed by atoms with Crippen LogP contribution in [-0.2, 0) is 5.54 Å². The van der Waals surface area contributed by atoms with E-state index in [1.165, 1.54) is 25.7 Å². The van der Waals surface area contributed by atoms with Gasteiger partial charge in [0.2, 0.25) is 0 Å². The summed E-state index contributed by atoms with van der Waals surface area (Å²) in [5.74, 6) is 1.08. The standard InChI is InChI=1S/C12H18BrNO/c1-2-12(7-4-3-5-8-14-12)11-10(13)6-9-15-11/h6,9,14H,2-5,7-8H2,1H3. The van der Waals surface area contributed by atoms with Crippen LogP contribution in [0.1, 0.15) is 44.8 Å². The second kappa shape index (κ2) is 4.71. The highest BCUT2D eigenvalue weighted by atomic mass is 79.9. The van der Waals surface area contributed by atoms with E-state index in [0.717, 1.165) is 23.2 Å². The van der Waals surface area contributed by atoms with E-state index in [9.17, 15) is 0 Å². The van der Waals surface area contributed by atoms with Crippen LogP contribution in [0.2, 0.25) is 0 Å². The average molecular weight is 272 g/mol. The first kappa shape index (κ1) is 11.2. The van der Waals surface area contributed by atoms with Crippen molar-refractivity contribution < 1.29 is 4.42 Å². The highest BCUT2D eigenvalue weighted by Gasteiger charge is 2.35. The largest absolute Gasteiger partial charge is 0.466 e. The molecule has 0 saturated carbocycles. The lowest BCUT2D eigenvalue weighted by Gasteiger charge is -2.31. The fourth-order valence-electron chi connectivity index (χ4n) is 2.44. The second-order valence-electron chi connectivity index (χ2n) is 4.27. The smallest absolute Gasteiger partial charge is 0.137 e. The lowest BCUT2D eigenvalue weighted by Crippen LogP contribution is -2.41. The number of hydrogen-bond acceptors (Lipinski definition) is 2. The quantitative estimate of drug-likeness (QED) is 0.885. The molecule has 1 aromatic rings. The Morgan fingerprint density at radius 3 is 3.00 bits per heavy atom. The van der Waals surface area contributed by atoms with Crippen LogP contribution in [0.5, 0.6) is 0 Å². The Kier molecular flexibility index (Phi) is 3.52. The monoisotopic (exact) mass is 271 g/mol. The first-order valence-corrected chi connectivity index (χ1v) is 6.56. The van der Waals surface area contributed by atoms with Gasteiger partial charge in [-0.2, -0.15) is 0 Å². The van der Waals surface area contributed by atoms with Crippen molar-refractivity contribution in [3.8, 4) is 0 Å². The van der Waals surface area contributed by atoms with Crippen molar-refractivity contribution in [1.29, 1.82) is 0 Å².